The lowest BCUT2D eigenvalue weighted by atomic mass is 10.1. The summed E-state index contributed by atoms with van der Waals surface area (Å²) in [5.74, 6) is -0.850. The van der Waals surface area contributed by atoms with E-state index in [9.17, 15) is 9.59 Å². The Labute approximate surface area is 117 Å². The van der Waals surface area contributed by atoms with E-state index in [2.05, 4.69) is 6.07 Å². The standard InChI is InChI=1S/C17H15NO2/c1-11-7-8-13(12(2)9-11)10-18-15-6-4-3-5-14(15)16(19)17(18)20/h3-9H,10H2,1-2H3. The van der Waals surface area contributed by atoms with Crippen LogP contribution in [0.15, 0.2) is 42.5 Å². The number of nitrogens with zero attached hydrogens (tertiary/aromatic N) is 1. The second kappa shape index (κ2) is 4.60. The third kappa shape index (κ3) is 1.92. The topological polar surface area (TPSA) is 37.4 Å². The van der Waals surface area contributed by atoms with Crippen LogP contribution >= 0.6 is 0 Å². The summed E-state index contributed by atoms with van der Waals surface area (Å²) >= 11 is 0. The Bertz CT molecular complexity index is 719. The first-order valence-electron chi connectivity index (χ1n) is 6.59. The van der Waals surface area contributed by atoms with Crippen molar-refractivity contribution in [1.29, 1.82) is 0 Å². The summed E-state index contributed by atoms with van der Waals surface area (Å²) in [6, 6.07) is 13.3. The summed E-state index contributed by atoms with van der Waals surface area (Å²) < 4.78 is 0. The van der Waals surface area contributed by atoms with Gasteiger partial charge in [0.2, 0.25) is 0 Å². The van der Waals surface area contributed by atoms with Crippen molar-refractivity contribution in [2.45, 2.75) is 20.4 Å². The van der Waals surface area contributed by atoms with Crippen LogP contribution in [0.5, 0.6) is 0 Å². The summed E-state index contributed by atoms with van der Waals surface area (Å²) in [6.07, 6.45) is 0. The van der Waals surface area contributed by atoms with Gasteiger partial charge < -0.3 is 4.90 Å². The van der Waals surface area contributed by atoms with Gasteiger partial charge in [-0.05, 0) is 37.1 Å². The van der Waals surface area contributed by atoms with Crippen molar-refractivity contribution in [3.05, 3.63) is 64.7 Å². The van der Waals surface area contributed by atoms with Gasteiger partial charge in [-0.1, -0.05) is 35.9 Å². The molecule has 0 aromatic heterocycles. The van der Waals surface area contributed by atoms with Crippen LogP contribution in [0.25, 0.3) is 0 Å². The Hall–Kier alpha value is -2.42. The van der Waals surface area contributed by atoms with E-state index in [1.807, 2.05) is 38.1 Å². The van der Waals surface area contributed by atoms with E-state index in [0.717, 1.165) is 11.1 Å². The molecule has 2 aromatic carbocycles. The first-order valence-corrected chi connectivity index (χ1v) is 6.59. The van der Waals surface area contributed by atoms with Crippen molar-refractivity contribution in [3.8, 4) is 0 Å². The monoisotopic (exact) mass is 265 g/mol. The molecule has 0 N–H and O–H groups in total. The fourth-order valence-corrected chi connectivity index (χ4v) is 2.60. The average molecular weight is 265 g/mol. The fourth-order valence-electron chi connectivity index (χ4n) is 2.60. The Morgan fingerprint density at radius 3 is 2.50 bits per heavy atom. The van der Waals surface area contributed by atoms with Gasteiger partial charge in [-0.2, -0.15) is 0 Å². The molecule has 0 fully saturated rings. The van der Waals surface area contributed by atoms with Gasteiger partial charge in [0.15, 0.2) is 0 Å². The molecular weight excluding hydrogens is 250 g/mol. The molecular formula is C17H15NO2. The van der Waals surface area contributed by atoms with Crippen LogP contribution < -0.4 is 4.90 Å². The van der Waals surface area contributed by atoms with Crippen molar-refractivity contribution in [2.75, 3.05) is 4.90 Å². The molecule has 1 heterocycles. The highest BCUT2D eigenvalue weighted by molar-refractivity contribution is 6.52. The number of carbonyl (C=O) groups excluding carboxylic acids is 2. The highest BCUT2D eigenvalue weighted by atomic mass is 16.2. The molecule has 1 amide bonds. The van der Waals surface area contributed by atoms with Crippen LogP contribution in [0.4, 0.5) is 5.69 Å². The van der Waals surface area contributed by atoms with Crippen LogP contribution in [0.3, 0.4) is 0 Å². The Morgan fingerprint density at radius 2 is 1.75 bits per heavy atom. The summed E-state index contributed by atoms with van der Waals surface area (Å²) in [5, 5.41) is 0. The minimum absolute atomic E-state index is 0.412. The number of ketones is 1. The smallest absolute Gasteiger partial charge is 0.299 e. The number of amides is 1. The third-order valence-electron chi connectivity index (χ3n) is 3.71. The molecule has 0 spiro atoms. The zero-order chi connectivity index (χ0) is 14.3. The predicted octanol–water partition coefficient (Wildman–Crippen LogP) is 3.03. The molecule has 0 saturated heterocycles. The quantitative estimate of drug-likeness (QED) is 0.783. The molecule has 2 aromatic rings. The minimum atomic E-state index is -0.439. The molecule has 0 radical (unpaired) electrons. The van der Waals surface area contributed by atoms with Crippen molar-refractivity contribution < 1.29 is 9.59 Å². The number of hydrogen-bond acceptors (Lipinski definition) is 2. The summed E-state index contributed by atoms with van der Waals surface area (Å²) in [6.45, 7) is 4.50. The SMILES string of the molecule is Cc1ccc(CN2C(=O)C(=O)c3ccccc32)c(C)c1. The van der Waals surface area contributed by atoms with Crippen LogP contribution in [-0.2, 0) is 11.3 Å². The highest BCUT2D eigenvalue weighted by Gasteiger charge is 2.35. The van der Waals surface area contributed by atoms with Gasteiger partial charge in [-0.25, -0.2) is 0 Å². The normalized spacial score (nSPS) is 13.8. The van der Waals surface area contributed by atoms with Crippen LogP contribution in [-0.4, -0.2) is 11.7 Å². The van der Waals surface area contributed by atoms with E-state index in [4.69, 9.17) is 0 Å². The summed E-state index contributed by atoms with van der Waals surface area (Å²) in [5.41, 5.74) is 4.60. The molecule has 1 aliphatic rings. The Morgan fingerprint density at radius 1 is 1.00 bits per heavy atom. The van der Waals surface area contributed by atoms with Gasteiger partial charge >= 0.3 is 0 Å². The number of benzene rings is 2. The van der Waals surface area contributed by atoms with Crippen LogP contribution in [0.2, 0.25) is 0 Å². The molecule has 20 heavy (non-hydrogen) atoms. The summed E-state index contributed by atoms with van der Waals surface area (Å²) in [4.78, 5) is 25.6. The molecule has 3 nitrogen and oxygen atoms in total. The van der Waals surface area contributed by atoms with Gasteiger partial charge in [-0.3, -0.25) is 9.59 Å². The maximum Gasteiger partial charge on any atom is 0.299 e. The first-order chi connectivity index (χ1) is 9.58. The molecule has 100 valence electrons. The number of hydrogen-bond donors (Lipinski definition) is 0. The van der Waals surface area contributed by atoms with E-state index < -0.39 is 11.7 Å². The first kappa shape index (κ1) is 12.6. The van der Waals surface area contributed by atoms with Gasteiger partial charge in [-0.15, -0.1) is 0 Å². The van der Waals surface area contributed by atoms with Gasteiger partial charge in [0.1, 0.15) is 0 Å². The van der Waals surface area contributed by atoms with Gasteiger partial charge in [0, 0.05) is 0 Å². The van der Waals surface area contributed by atoms with E-state index in [-0.39, 0.29) is 0 Å². The lowest BCUT2D eigenvalue weighted by molar-refractivity contribution is -0.114. The molecule has 1 aliphatic heterocycles. The van der Waals surface area contributed by atoms with Crippen molar-refractivity contribution in [3.63, 3.8) is 0 Å². The fraction of sp³-hybridized carbons (Fsp3) is 0.176. The average Bonchev–Trinajstić information content (AvgIpc) is 2.67. The molecule has 0 bridgehead atoms. The zero-order valence-corrected chi connectivity index (χ0v) is 11.5. The van der Waals surface area contributed by atoms with Crippen LogP contribution in [0, 0.1) is 13.8 Å². The molecule has 0 unspecified atom stereocenters. The van der Waals surface area contributed by atoms with E-state index in [1.165, 1.54) is 5.56 Å². The van der Waals surface area contributed by atoms with Crippen LogP contribution in [0.1, 0.15) is 27.0 Å². The van der Waals surface area contributed by atoms with Crippen molar-refractivity contribution in [2.24, 2.45) is 0 Å². The Balaban J connectivity index is 1.99. The van der Waals surface area contributed by atoms with Gasteiger partial charge in [0.05, 0.1) is 17.8 Å². The minimum Gasteiger partial charge on any atom is -0.300 e. The van der Waals surface area contributed by atoms with Crippen molar-refractivity contribution in [1.82, 2.24) is 0 Å². The molecule has 3 rings (SSSR count). The predicted molar refractivity (Wildman–Crippen MR) is 77.9 cm³/mol. The van der Waals surface area contributed by atoms with Crippen molar-refractivity contribution >= 4 is 17.4 Å². The third-order valence-corrected chi connectivity index (χ3v) is 3.71. The number of fused-ring (bicyclic) bond motifs is 1. The lowest BCUT2D eigenvalue weighted by Gasteiger charge is -2.18. The number of aryl methyl sites for hydroxylation is 2. The summed E-state index contributed by atoms with van der Waals surface area (Å²) in [7, 11) is 0. The van der Waals surface area contributed by atoms with Gasteiger partial charge in [0.25, 0.3) is 11.7 Å². The zero-order valence-electron chi connectivity index (χ0n) is 11.5. The number of carbonyl (C=O) groups is 2. The molecule has 0 atom stereocenters. The molecule has 0 saturated carbocycles. The van der Waals surface area contributed by atoms with E-state index >= 15 is 0 Å². The second-order valence-corrected chi connectivity index (χ2v) is 5.17. The lowest BCUT2D eigenvalue weighted by Crippen LogP contribution is -2.29. The largest absolute Gasteiger partial charge is 0.300 e. The van der Waals surface area contributed by atoms with E-state index in [0.29, 0.717) is 17.8 Å². The maximum atomic E-state index is 12.1. The Kier molecular flexibility index (Phi) is 2.90. The molecule has 3 heteroatoms. The number of Topliss-reactive ketones (excluding diaryl/α,β-unsaturated/α-hetero) is 1. The second-order valence-electron chi connectivity index (χ2n) is 5.17. The maximum absolute atomic E-state index is 12.1. The highest BCUT2D eigenvalue weighted by Crippen LogP contribution is 2.30. The van der Waals surface area contributed by atoms with E-state index in [1.54, 1.807) is 17.0 Å². The molecule has 0 aliphatic carbocycles. The number of anilines is 1. The number of para-hydroxylation sites is 1. The number of rotatable bonds is 2.